The fourth-order valence-electron chi connectivity index (χ4n) is 4.21. The zero-order chi connectivity index (χ0) is 22.8. The number of anilines is 1. The van der Waals surface area contributed by atoms with E-state index in [2.05, 4.69) is 30.9 Å². The molecule has 0 saturated carbocycles. The van der Waals surface area contributed by atoms with E-state index in [1.165, 1.54) is 12.1 Å². The summed E-state index contributed by atoms with van der Waals surface area (Å²) in [4.78, 5) is 15.2. The van der Waals surface area contributed by atoms with Crippen molar-refractivity contribution in [2.75, 3.05) is 18.0 Å². The van der Waals surface area contributed by atoms with Gasteiger partial charge in [-0.25, -0.2) is 8.42 Å². The first-order chi connectivity index (χ1) is 14.4. The highest BCUT2D eigenvalue weighted by molar-refractivity contribution is 7.91. The molecule has 0 radical (unpaired) electrons. The summed E-state index contributed by atoms with van der Waals surface area (Å²) in [7, 11) is -3.24. The molecular weight excluding hydrogens is 406 g/mol. The molecule has 5 heteroatoms. The number of Topliss-reactive ketones (excluding diaryl/α,β-unsaturated/α-hetero) is 1. The molecule has 4 nitrogen and oxygen atoms in total. The van der Waals surface area contributed by atoms with Gasteiger partial charge in [0, 0.05) is 30.8 Å². The number of benzene rings is 2. The molecule has 0 aliphatic carbocycles. The van der Waals surface area contributed by atoms with E-state index in [0.29, 0.717) is 29.4 Å². The maximum Gasteiger partial charge on any atom is 0.167 e. The van der Waals surface area contributed by atoms with Crippen LogP contribution >= 0.6 is 0 Å². The van der Waals surface area contributed by atoms with Crippen LogP contribution in [0.2, 0.25) is 0 Å². The number of sulfone groups is 1. The van der Waals surface area contributed by atoms with E-state index in [1.54, 1.807) is 45.0 Å². The molecule has 2 aromatic rings. The number of hydrogen-bond donors (Lipinski definition) is 0. The standard InChI is InChI=1S/C26H35NO3S/c1-19-14-20(2)17-27(16-19)24-12-8-21(9-13-24)15-25(28)23-10-6-22(7-11-23)18-31(29,30)26(3,4)5/h6-13,19-20H,14-18H2,1-5H3/t19-,20+. The number of rotatable bonds is 6. The van der Waals surface area contributed by atoms with Crippen LogP contribution in [0.4, 0.5) is 5.69 Å². The molecule has 0 amide bonds. The van der Waals surface area contributed by atoms with E-state index in [-0.39, 0.29) is 11.5 Å². The molecule has 0 unspecified atom stereocenters. The summed E-state index contributed by atoms with van der Waals surface area (Å²) in [6, 6.07) is 15.3. The normalized spacial score (nSPS) is 20.0. The van der Waals surface area contributed by atoms with Gasteiger partial charge >= 0.3 is 0 Å². The number of carbonyl (C=O) groups excluding carboxylic acids is 1. The van der Waals surface area contributed by atoms with Gasteiger partial charge in [0.05, 0.1) is 10.5 Å². The third-order valence-electron chi connectivity index (χ3n) is 6.10. The lowest BCUT2D eigenvalue weighted by Crippen LogP contribution is -2.38. The molecule has 0 bridgehead atoms. The Morgan fingerprint density at radius 1 is 0.903 bits per heavy atom. The average molecular weight is 442 g/mol. The summed E-state index contributed by atoms with van der Waals surface area (Å²) >= 11 is 0. The number of nitrogens with zero attached hydrogens (tertiary/aromatic N) is 1. The van der Waals surface area contributed by atoms with E-state index < -0.39 is 14.6 Å². The van der Waals surface area contributed by atoms with Crippen LogP contribution < -0.4 is 4.90 Å². The summed E-state index contributed by atoms with van der Waals surface area (Å²) in [5.41, 5.74) is 3.53. The Hall–Kier alpha value is -2.14. The van der Waals surface area contributed by atoms with Gasteiger partial charge in [-0.3, -0.25) is 4.79 Å². The van der Waals surface area contributed by atoms with Gasteiger partial charge in [0.25, 0.3) is 0 Å². The van der Waals surface area contributed by atoms with Crippen LogP contribution in [-0.4, -0.2) is 32.0 Å². The SMILES string of the molecule is C[C@@H]1C[C@H](C)CN(c2ccc(CC(=O)c3ccc(CS(=O)(=O)C(C)(C)C)cc3)cc2)C1. The zero-order valence-electron chi connectivity index (χ0n) is 19.4. The first-order valence-electron chi connectivity index (χ1n) is 11.1. The number of hydrogen-bond acceptors (Lipinski definition) is 4. The Balaban J connectivity index is 1.62. The largest absolute Gasteiger partial charge is 0.371 e. The second-order valence-corrected chi connectivity index (χ2v) is 12.9. The van der Waals surface area contributed by atoms with Crippen LogP contribution in [0, 0.1) is 11.8 Å². The molecule has 1 fully saturated rings. The second kappa shape index (κ2) is 9.15. The highest BCUT2D eigenvalue weighted by Gasteiger charge is 2.29. The zero-order valence-corrected chi connectivity index (χ0v) is 20.2. The van der Waals surface area contributed by atoms with Gasteiger partial charge in [-0.1, -0.05) is 50.2 Å². The number of piperidine rings is 1. The highest BCUT2D eigenvalue weighted by atomic mass is 32.2. The van der Waals surface area contributed by atoms with Crippen molar-refractivity contribution in [3.63, 3.8) is 0 Å². The van der Waals surface area contributed by atoms with Crippen molar-refractivity contribution in [3.8, 4) is 0 Å². The summed E-state index contributed by atoms with van der Waals surface area (Å²) in [6.07, 6.45) is 1.62. The van der Waals surface area contributed by atoms with E-state index in [1.807, 2.05) is 12.1 Å². The van der Waals surface area contributed by atoms with E-state index >= 15 is 0 Å². The molecule has 0 N–H and O–H groups in total. The van der Waals surface area contributed by atoms with Crippen LogP contribution in [0.3, 0.4) is 0 Å². The summed E-state index contributed by atoms with van der Waals surface area (Å²) in [5, 5.41) is 0. The highest BCUT2D eigenvalue weighted by Crippen LogP contribution is 2.27. The van der Waals surface area contributed by atoms with Crippen LogP contribution in [0.15, 0.2) is 48.5 Å². The van der Waals surface area contributed by atoms with Gasteiger partial charge in [-0.2, -0.15) is 0 Å². The molecule has 1 aliphatic rings. The van der Waals surface area contributed by atoms with E-state index in [0.717, 1.165) is 18.7 Å². The van der Waals surface area contributed by atoms with Gasteiger partial charge in [0.15, 0.2) is 15.6 Å². The van der Waals surface area contributed by atoms with Gasteiger partial charge in [0.1, 0.15) is 0 Å². The molecule has 0 spiro atoms. The Bertz CT molecular complexity index is 992. The lowest BCUT2D eigenvalue weighted by atomic mass is 9.91. The van der Waals surface area contributed by atoms with Crippen LogP contribution in [0.5, 0.6) is 0 Å². The summed E-state index contributed by atoms with van der Waals surface area (Å²) in [5.74, 6) is 1.43. The molecular formula is C26H35NO3S. The molecule has 168 valence electrons. The van der Waals surface area contributed by atoms with Crippen molar-refractivity contribution in [1.82, 2.24) is 0 Å². The average Bonchev–Trinajstić information content (AvgIpc) is 2.67. The fraction of sp³-hybridized carbons (Fsp3) is 0.500. The molecule has 3 rings (SSSR count). The molecule has 31 heavy (non-hydrogen) atoms. The van der Waals surface area contributed by atoms with Gasteiger partial charge < -0.3 is 4.90 Å². The van der Waals surface area contributed by atoms with Crippen molar-refractivity contribution in [2.24, 2.45) is 11.8 Å². The van der Waals surface area contributed by atoms with Gasteiger partial charge in [0.2, 0.25) is 0 Å². The van der Waals surface area contributed by atoms with Crippen molar-refractivity contribution >= 4 is 21.3 Å². The van der Waals surface area contributed by atoms with Crippen molar-refractivity contribution in [2.45, 2.75) is 58.0 Å². The fourth-order valence-corrected chi connectivity index (χ4v) is 5.27. The summed E-state index contributed by atoms with van der Waals surface area (Å²) in [6.45, 7) is 11.9. The molecule has 1 saturated heterocycles. The molecule has 2 atom stereocenters. The second-order valence-electron chi connectivity index (χ2n) is 10.2. The van der Waals surface area contributed by atoms with Crippen LogP contribution in [0.1, 0.15) is 62.5 Å². The molecule has 2 aromatic carbocycles. The predicted molar refractivity (Wildman–Crippen MR) is 128 cm³/mol. The van der Waals surface area contributed by atoms with Gasteiger partial charge in [-0.05, 0) is 62.3 Å². The summed E-state index contributed by atoms with van der Waals surface area (Å²) < 4.78 is 24.0. The maximum absolute atomic E-state index is 12.7. The van der Waals surface area contributed by atoms with Crippen molar-refractivity contribution in [3.05, 3.63) is 65.2 Å². The van der Waals surface area contributed by atoms with Gasteiger partial charge in [-0.15, -0.1) is 0 Å². The predicted octanol–water partition coefficient (Wildman–Crippen LogP) is 5.31. The minimum Gasteiger partial charge on any atom is -0.371 e. The minimum absolute atomic E-state index is 0.0137. The Labute approximate surface area is 187 Å². The Morgan fingerprint density at radius 2 is 1.42 bits per heavy atom. The first-order valence-corrected chi connectivity index (χ1v) is 12.8. The Morgan fingerprint density at radius 3 is 1.94 bits per heavy atom. The smallest absolute Gasteiger partial charge is 0.167 e. The van der Waals surface area contributed by atoms with Crippen molar-refractivity contribution < 1.29 is 13.2 Å². The van der Waals surface area contributed by atoms with E-state index in [9.17, 15) is 13.2 Å². The molecule has 1 heterocycles. The lowest BCUT2D eigenvalue weighted by molar-refractivity contribution is 0.0993. The monoisotopic (exact) mass is 441 g/mol. The molecule has 0 aromatic heterocycles. The Kier molecular flexibility index (Phi) is 6.95. The maximum atomic E-state index is 12.7. The quantitative estimate of drug-likeness (QED) is 0.570. The van der Waals surface area contributed by atoms with E-state index in [4.69, 9.17) is 0 Å². The third-order valence-corrected chi connectivity index (χ3v) is 8.68. The number of ketones is 1. The third kappa shape index (κ3) is 5.97. The molecule has 1 aliphatic heterocycles. The minimum atomic E-state index is -3.24. The first kappa shape index (κ1) is 23.5. The van der Waals surface area contributed by atoms with Crippen molar-refractivity contribution in [1.29, 1.82) is 0 Å². The topological polar surface area (TPSA) is 54.5 Å². The lowest BCUT2D eigenvalue weighted by Gasteiger charge is -2.36. The van der Waals surface area contributed by atoms with Crippen LogP contribution in [0.25, 0.3) is 0 Å². The number of carbonyl (C=O) groups is 1. The van der Waals surface area contributed by atoms with Crippen LogP contribution in [-0.2, 0) is 22.0 Å².